The first-order valence-corrected chi connectivity index (χ1v) is 6.80. The van der Waals surface area contributed by atoms with Crippen molar-refractivity contribution in [1.82, 2.24) is 19.6 Å². The van der Waals surface area contributed by atoms with Crippen LogP contribution in [0.3, 0.4) is 0 Å². The summed E-state index contributed by atoms with van der Waals surface area (Å²) in [5, 5.41) is 13.0. The second kappa shape index (κ2) is 4.78. The summed E-state index contributed by atoms with van der Waals surface area (Å²) >= 11 is 1.35. The van der Waals surface area contributed by atoms with Crippen LogP contribution < -0.4 is 0 Å². The smallest absolute Gasteiger partial charge is 0.152 e. The Morgan fingerprint density at radius 2 is 2.32 bits per heavy atom. The van der Waals surface area contributed by atoms with Crippen molar-refractivity contribution in [3.8, 4) is 16.8 Å². The quantitative estimate of drug-likeness (QED) is 0.793. The highest BCUT2D eigenvalue weighted by atomic mass is 32.1. The van der Waals surface area contributed by atoms with E-state index < -0.39 is 0 Å². The Balaban J connectivity index is 2.10. The summed E-state index contributed by atoms with van der Waals surface area (Å²) < 4.78 is 4.00. The van der Waals surface area contributed by atoms with Crippen molar-refractivity contribution < 1.29 is 0 Å². The van der Waals surface area contributed by atoms with Gasteiger partial charge in [-0.25, -0.2) is 4.98 Å². The van der Waals surface area contributed by atoms with Crippen LogP contribution in [-0.4, -0.2) is 19.6 Å². The molecule has 0 unspecified atom stereocenters. The fourth-order valence-electron chi connectivity index (χ4n) is 1.98. The van der Waals surface area contributed by atoms with Crippen molar-refractivity contribution in [2.24, 2.45) is 0 Å². The maximum atomic E-state index is 8.90. The van der Waals surface area contributed by atoms with Crippen molar-refractivity contribution in [3.05, 3.63) is 29.5 Å². The summed E-state index contributed by atoms with van der Waals surface area (Å²) in [5.74, 6) is 0.781. The number of aromatic nitrogens is 4. The number of H-pyrrole nitrogens is 1. The van der Waals surface area contributed by atoms with Crippen LogP contribution in [-0.2, 0) is 6.42 Å². The standard InChI is InChI=1S/C13H11N5S/c1-2-3-10-12(19-18-17-10)13-15-9-5-4-8(7-14)6-11(9)16-13/h4-6H,2-3H2,1H3,(H,15,16). The van der Waals surface area contributed by atoms with E-state index in [0.29, 0.717) is 5.56 Å². The summed E-state index contributed by atoms with van der Waals surface area (Å²) in [6.45, 7) is 2.11. The number of benzene rings is 1. The minimum absolute atomic E-state index is 0.624. The number of hydrogen-bond acceptors (Lipinski definition) is 5. The van der Waals surface area contributed by atoms with Crippen molar-refractivity contribution in [2.45, 2.75) is 19.8 Å². The number of nitriles is 1. The number of aromatic amines is 1. The molecule has 2 heterocycles. The summed E-state index contributed by atoms with van der Waals surface area (Å²) in [6, 6.07) is 7.55. The molecule has 19 heavy (non-hydrogen) atoms. The zero-order valence-electron chi connectivity index (χ0n) is 10.3. The number of rotatable bonds is 3. The predicted molar refractivity (Wildman–Crippen MR) is 73.7 cm³/mol. The molecule has 0 aliphatic carbocycles. The minimum atomic E-state index is 0.624. The van der Waals surface area contributed by atoms with Gasteiger partial charge in [0.25, 0.3) is 0 Å². The lowest BCUT2D eigenvalue weighted by molar-refractivity contribution is 0.870. The molecule has 6 heteroatoms. The molecule has 94 valence electrons. The van der Waals surface area contributed by atoms with E-state index in [4.69, 9.17) is 5.26 Å². The molecule has 0 aliphatic heterocycles. The SMILES string of the molecule is CCCc1nnsc1-c1nc2ccc(C#N)cc2[nH]1. The molecule has 3 rings (SSSR count). The van der Waals surface area contributed by atoms with E-state index in [2.05, 4.69) is 32.5 Å². The maximum Gasteiger partial charge on any atom is 0.152 e. The summed E-state index contributed by atoms with van der Waals surface area (Å²) in [6.07, 6.45) is 1.92. The monoisotopic (exact) mass is 269 g/mol. The molecule has 0 bridgehead atoms. The van der Waals surface area contributed by atoms with Gasteiger partial charge in [0.05, 0.1) is 28.4 Å². The molecule has 0 fully saturated rings. The Hall–Kier alpha value is -2.26. The maximum absolute atomic E-state index is 8.90. The number of fused-ring (bicyclic) bond motifs is 1. The molecule has 0 saturated carbocycles. The van der Waals surface area contributed by atoms with Gasteiger partial charge in [-0.1, -0.05) is 17.8 Å². The van der Waals surface area contributed by atoms with Crippen molar-refractivity contribution >= 4 is 22.6 Å². The van der Waals surface area contributed by atoms with Gasteiger partial charge in [-0.3, -0.25) is 0 Å². The average molecular weight is 269 g/mol. The highest BCUT2D eigenvalue weighted by molar-refractivity contribution is 7.09. The van der Waals surface area contributed by atoms with E-state index in [1.54, 1.807) is 12.1 Å². The van der Waals surface area contributed by atoms with E-state index >= 15 is 0 Å². The molecule has 1 aromatic carbocycles. The molecular weight excluding hydrogens is 258 g/mol. The van der Waals surface area contributed by atoms with Crippen LogP contribution in [0.4, 0.5) is 0 Å². The molecule has 3 aromatic rings. The number of aryl methyl sites for hydroxylation is 1. The second-order valence-electron chi connectivity index (χ2n) is 4.23. The van der Waals surface area contributed by atoms with Crippen molar-refractivity contribution in [3.63, 3.8) is 0 Å². The van der Waals surface area contributed by atoms with E-state index in [-0.39, 0.29) is 0 Å². The normalized spacial score (nSPS) is 10.7. The number of nitrogens with one attached hydrogen (secondary N) is 1. The lowest BCUT2D eigenvalue weighted by Crippen LogP contribution is -1.88. The van der Waals surface area contributed by atoms with E-state index in [9.17, 15) is 0 Å². The molecule has 0 radical (unpaired) electrons. The molecule has 0 spiro atoms. The predicted octanol–water partition coefficient (Wildman–Crippen LogP) is 2.91. The average Bonchev–Trinajstić information content (AvgIpc) is 3.03. The number of nitrogens with zero attached hydrogens (tertiary/aromatic N) is 4. The van der Waals surface area contributed by atoms with Gasteiger partial charge in [-0.15, -0.1) is 5.10 Å². The molecule has 1 N–H and O–H groups in total. The van der Waals surface area contributed by atoms with Gasteiger partial charge in [0.1, 0.15) is 4.88 Å². The second-order valence-corrected chi connectivity index (χ2v) is 4.98. The zero-order chi connectivity index (χ0) is 13.2. The lowest BCUT2D eigenvalue weighted by atomic mass is 10.2. The molecule has 0 amide bonds. The van der Waals surface area contributed by atoms with Gasteiger partial charge >= 0.3 is 0 Å². The van der Waals surface area contributed by atoms with E-state index in [0.717, 1.165) is 40.3 Å². The van der Waals surface area contributed by atoms with Crippen LogP contribution >= 0.6 is 11.5 Å². The summed E-state index contributed by atoms with van der Waals surface area (Å²) in [7, 11) is 0. The van der Waals surface area contributed by atoms with Crippen molar-refractivity contribution in [2.75, 3.05) is 0 Å². The first-order valence-electron chi connectivity index (χ1n) is 6.03. The molecule has 0 aliphatic rings. The van der Waals surface area contributed by atoms with E-state index in [1.807, 2.05) is 6.07 Å². The Labute approximate surface area is 114 Å². The fraction of sp³-hybridized carbons (Fsp3) is 0.231. The zero-order valence-corrected chi connectivity index (χ0v) is 11.2. The number of imidazole rings is 1. The fourth-order valence-corrected chi connectivity index (χ4v) is 2.63. The third-order valence-electron chi connectivity index (χ3n) is 2.87. The van der Waals surface area contributed by atoms with Crippen LogP contribution in [0.2, 0.25) is 0 Å². The number of hydrogen-bond donors (Lipinski definition) is 1. The van der Waals surface area contributed by atoms with Crippen molar-refractivity contribution in [1.29, 1.82) is 5.26 Å². The first-order chi connectivity index (χ1) is 9.31. The largest absolute Gasteiger partial charge is 0.337 e. The Bertz CT molecular complexity index is 765. The highest BCUT2D eigenvalue weighted by Gasteiger charge is 2.13. The van der Waals surface area contributed by atoms with Gasteiger partial charge in [0, 0.05) is 0 Å². The molecule has 0 saturated heterocycles. The molecule has 5 nitrogen and oxygen atoms in total. The molecule has 0 atom stereocenters. The third kappa shape index (κ3) is 2.09. The first kappa shape index (κ1) is 11.8. The van der Waals surface area contributed by atoms with Crippen LogP contribution in [0.25, 0.3) is 21.7 Å². The summed E-state index contributed by atoms with van der Waals surface area (Å²) in [4.78, 5) is 8.76. The lowest BCUT2D eigenvalue weighted by Gasteiger charge is -1.94. The molecule has 2 aromatic heterocycles. The Kier molecular flexibility index (Phi) is 2.97. The topological polar surface area (TPSA) is 78.2 Å². The van der Waals surface area contributed by atoms with E-state index in [1.165, 1.54) is 11.5 Å². The Morgan fingerprint density at radius 1 is 1.42 bits per heavy atom. The van der Waals surface area contributed by atoms with Crippen LogP contribution in [0.5, 0.6) is 0 Å². The Morgan fingerprint density at radius 3 is 3.11 bits per heavy atom. The van der Waals surface area contributed by atoms with Crippen LogP contribution in [0.15, 0.2) is 18.2 Å². The van der Waals surface area contributed by atoms with Crippen LogP contribution in [0, 0.1) is 11.3 Å². The van der Waals surface area contributed by atoms with Crippen LogP contribution in [0.1, 0.15) is 24.6 Å². The van der Waals surface area contributed by atoms with Gasteiger partial charge in [0.15, 0.2) is 5.82 Å². The molecular formula is C13H11N5S. The van der Waals surface area contributed by atoms with Gasteiger partial charge in [0.2, 0.25) is 0 Å². The third-order valence-corrected chi connectivity index (χ3v) is 3.64. The minimum Gasteiger partial charge on any atom is -0.337 e. The van der Waals surface area contributed by atoms with Gasteiger partial charge < -0.3 is 4.98 Å². The van der Waals surface area contributed by atoms with Gasteiger partial charge in [-0.05, 0) is 36.2 Å². The highest BCUT2D eigenvalue weighted by Crippen LogP contribution is 2.26. The van der Waals surface area contributed by atoms with Gasteiger partial charge in [-0.2, -0.15) is 5.26 Å². The summed E-state index contributed by atoms with van der Waals surface area (Å²) in [5.41, 5.74) is 3.32.